The van der Waals surface area contributed by atoms with Gasteiger partial charge < -0.3 is 4.42 Å². The fourth-order valence-corrected chi connectivity index (χ4v) is 3.13. The van der Waals surface area contributed by atoms with E-state index in [9.17, 15) is 8.78 Å². The normalized spacial score (nSPS) is 12.5. The van der Waals surface area contributed by atoms with E-state index in [1.165, 1.54) is 4.52 Å². The molecule has 0 aliphatic carbocycles. The second kappa shape index (κ2) is 4.50. The maximum atomic E-state index is 13.2. The van der Waals surface area contributed by atoms with E-state index in [-0.39, 0.29) is 5.01 Å². The Balaban J connectivity index is 1.80. The van der Waals surface area contributed by atoms with Crippen molar-refractivity contribution in [2.24, 2.45) is 0 Å². The summed E-state index contributed by atoms with van der Waals surface area (Å²) in [7, 11) is 0. The fourth-order valence-electron chi connectivity index (χ4n) is 2.14. The zero-order valence-electron chi connectivity index (χ0n) is 11.2. The lowest BCUT2D eigenvalue weighted by molar-refractivity contribution is 0.0163. The van der Waals surface area contributed by atoms with Crippen molar-refractivity contribution in [3.8, 4) is 11.5 Å². The quantitative estimate of drug-likeness (QED) is 0.518. The van der Waals surface area contributed by atoms with Gasteiger partial charge in [-0.15, -0.1) is 0 Å². The van der Waals surface area contributed by atoms with Gasteiger partial charge in [0.05, 0.1) is 6.20 Å². The largest absolute Gasteiger partial charge is 0.454 e. The first-order chi connectivity index (χ1) is 10.4. The average molecular weight is 340 g/mol. The number of nitrogens with zero attached hydrogens (tertiary/aromatic N) is 3. The summed E-state index contributed by atoms with van der Waals surface area (Å²) in [6, 6.07) is 7.10. The summed E-state index contributed by atoms with van der Waals surface area (Å²) in [4.78, 5) is 4.69. The van der Waals surface area contributed by atoms with E-state index in [0.29, 0.717) is 27.0 Å². The topological polar surface area (TPSA) is 43.3 Å². The standard InChI is InChI=1S/C14H8ClF2N3OS/c1-14(16,17)12-19-20-6-9(18-13(20)22-12)11-5-7-4-8(15)2-3-10(7)21-11/h2-6H,1H3. The Kier molecular flexibility index (Phi) is 2.79. The summed E-state index contributed by atoms with van der Waals surface area (Å²) >= 11 is 6.80. The number of hydrogen-bond donors (Lipinski definition) is 0. The van der Waals surface area contributed by atoms with Gasteiger partial charge in [0, 0.05) is 17.3 Å². The van der Waals surface area contributed by atoms with Gasteiger partial charge in [-0.3, -0.25) is 0 Å². The molecule has 0 saturated heterocycles. The molecule has 0 N–H and O–H groups in total. The van der Waals surface area contributed by atoms with Crippen molar-refractivity contribution in [2.45, 2.75) is 12.8 Å². The van der Waals surface area contributed by atoms with Crippen LogP contribution < -0.4 is 0 Å². The average Bonchev–Trinajstić information content (AvgIpc) is 3.07. The molecule has 4 nitrogen and oxygen atoms in total. The molecular weight excluding hydrogens is 332 g/mol. The van der Waals surface area contributed by atoms with Gasteiger partial charge in [0.25, 0.3) is 5.92 Å². The minimum atomic E-state index is -2.97. The molecule has 3 aromatic heterocycles. The van der Waals surface area contributed by atoms with Gasteiger partial charge in [-0.2, -0.15) is 13.9 Å². The van der Waals surface area contributed by atoms with Crippen LogP contribution in [0, 0.1) is 0 Å². The molecule has 0 aliphatic rings. The van der Waals surface area contributed by atoms with Crippen molar-refractivity contribution >= 4 is 38.9 Å². The lowest BCUT2D eigenvalue weighted by Crippen LogP contribution is -2.06. The van der Waals surface area contributed by atoms with Crippen LogP contribution >= 0.6 is 22.9 Å². The Hall–Kier alpha value is -1.99. The monoisotopic (exact) mass is 339 g/mol. The lowest BCUT2D eigenvalue weighted by Gasteiger charge is -2.02. The van der Waals surface area contributed by atoms with Gasteiger partial charge in [-0.25, -0.2) is 9.50 Å². The summed E-state index contributed by atoms with van der Waals surface area (Å²) in [5.41, 5.74) is 1.22. The first kappa shape index (κ1) is 13.7. The van der Waals surface area contributed by atoms with Crippen molar-refractivity contribution in [1.29, 1.82) is 0 Å². The molecule has 22 heavy (non-hydrogen) atoms. The number of aromatic nitrogens is 3. The highest BCUT2D eigenvalue weighted by Gasteiger charge is 2.30. The van der Waals surface area contributed by atoms with Crippen LogP contribution in [0.2, 0.25) is 5.02 Å². The van der Waals surface area contributed by atoms with E-state index in [1.54, 1.807) is 24.4 Å². The zero-order valence-corrected chi connectivity index (χ0v) is 12.8. The number of fused-ring (bicyclic) bond motifs is 2. The maximum Gasteiger partial charge on any atom is 0.298 e. The highest BCUT2D eigenvalue weighted by atomic mass is 35.5. The van der Waals surface area contributed by atoms with E-state index >= 15 is 0 Å². The Bertz CT molecular complexity index is 967. The van der Waals surface area contributed by atoms with Crippen molar-refractivity contribution in [3.05, 3.63) is 40.5 Å². The SMILES string of the molecule is CC(F)(F)c1nn2cc(-c3cc4cc(Cl)ccc4o3)nc2s1. The summed E-state index contributed by atoms with van der Waals surface area (Å²) in [5.74, 6) is -2.43. The van der Waals surface area contributed by atoms with Crippen LogP contribution in [0.3, 0.4) is 0 Å². The highest BCUT2D eigenvalue weighted by molar-refractivity contribution is 7.16. The van der Waals surface area contributed by atoms with Gasteiger partial charge >= 0.3 is 0 Å². The molecule has 0 bridgehead atoms. The number of furan rings is 1. The van der Waals surface area contributed by atoms with Crippen LogP contribution in [-0.2, 0) is 5.92 Å². The summed E-state index contributed by atoms with van der Waals surface area (Å²) in [6.45, 7) is 0.815. The molecule has 0 atom stereocenters. The smallest absolute Gasteiger partial charge is 0.298 e. The van der Waals surface area contributed by atoms with Crippen LogP contribution in [0.1, 0.15) is 11.9 Å². The van der Waals surface area contributed by atoms with E-state index in [1.807, 2.05) is 6.07 Å². The molecule has 4 rings (SSSR count). The predicted octanol–water partition coefficient (Wildman–Crippen LogP) is 4.97. The van der Waals surface area contributed by atoms with Gasteiger partial charge in [-0.1, -0.05) is 22.9 Å². The minimum Gasteiger partial charge on any atom is -0.454 e. The molecule has 3 heterocycles. The molecule has 0 unspecified atom stereocenters. The first-order valence-corrected chi connectivity index (χ1v) is 7.53. The van der Waals surface area contributed by atoms with Crippen LogP contribution in [0.25, 0.3) is 27.4 Å². The number of imidazole rings is 1. The van der Waals surface area contributed by atoms with Gasteiger partial charge in [-0.05, 0) is 24.3 Å². The van der Waals surface area contributed by atoms with Crippen molar-refractivity contribution < 1.29 is 13.2 Å². The van der Waals surface area contributed by atoms with E-state index in [4.69, 9.17) is 16.0 Å². The first-order valence-electron chi connectivity index (χ1n) is 6.34. The Morgan fingerprint density at radius 3 is 2.86 bits per heavy atom. The number of hydrogen-bond acceptors (Lipinski definition) is 4. The molecule has 0 spiro atoms. The van der Waals surface area contributed by atoms with Gasteiger partial charge in [0.1, 0.15) is 11.3 Å². The predicted molar refractivity (Wildman–Crippen MR) is 80.7 cm³/mol. The summed E-state index contributed by atoms with van der Waals surface area (Å²) in [5, 5.41) is 5.06. The molecule has 1 aromatic carbocycles. The van der Waals surface area contributed by atoms with E-state index < -0.39 is 5.92 Å². The number of alkyl halides is 2. The highest BCUT2D eigenvalue weighted by Crippen LogP contribution is 2.33. The number of halogens is 3. The number of rotatable bonds is 2. The Labute approximate surface area is 131 Å². The third kappa shape index (κ3) is 2.17. The third-order valence-corrected chi connectivity index (χ3v) is 4.48. The molecule has 0 aliphatic heterocycles. The molecule has 0 radical (unpaired) electrons. The van der Waals surface area contributed by atoms with Crippen LogP contribution in [0.5, 0.6) is 0 Å². The molecule has 112 valence electrons. The van der Waals surface area contributed by atoms with Gasteiger partial charge in [0.2, 0.25) is 4.96 Å². The second-order valence-corrected chi connectivity index (χ2v) is 6.33. The minimum absolute atomic E-state index is 0.266. The maximum absolute atomic E-state index is 13.2. The Morgan fingerprint density at radius 1 is 1.32 bits per heavy atom. The Morgan fingerprint density at radius 2 is 2.14 bits per heavy atom. The molecule has 0 saturated carbocycles. The number of benzene rings is 1. The molecule has 0 amide bonds. The van der Waals surface area contributed by atoms with Crippen LogP contribution in [0.4, 0.5) is 8.78 Å². The zero-order chi connectivity index (χ0) is 15.5. The van der Waals surface area contributed by atoms with E-state index in [0.717, 1.165) is 23.6 Å². The molecule has 4 aromatic rings. The lowest BCUT2D eigenvalue weighted by atomic mass is 10.2. The van der Waals surface area contributed by atoms with Crippen LogP contribution in [0.15, 0.2) is 34.9 Å². The summed E-state index contributed by atoms with van der Waals surface area (Å²) in [6.07, 6.45) is 1.57. The van der Waals surface area contributed by atoms with Crippen molar-refractivity contribution in [3.63, 3.8) is 0 Å². The molecule has 0 fully saturated rings. The van der Waals surface area contributed by atoms with Crippen molar-refractivity contribution in [2.75, 3.05) is 0 Å². The molecular formula is C14H8ClF2N3OS. The molecule has 8 heteroatoms. The third-order valence-electron chi connectivity index (χ3n) is 3.15. The fraction of sp³-hybridized carbons (Fsp3) is 0.143. The van der Waals surface area contributed by atoms with Crippen LogP contribution in [-0.4, -0.2) is 14.6 Å². The second-order valence-electron chi connectivity index (χ2n) is 4.94. The van der Waals surface area contributed by atoms with E-state index in [2.05, 4.69) is 10.1 Å². The van der Waals surface area contributed by atoms with Crippen molar-refractivity contribution in [1.82, 2.24) is 14.6 Å². The van der Waals surface area contributed by atoms with Gasteiger partial charge in [0.15, 0.2) is 10.8 Å². The summed E-state index contributed by atoms with van der Waals surface area (Å²) < 4.78 is 33.5.